The third kappa shape index (κ3) is 3.57. The van der Waals surface area contributed by atoms with Gasteiger partial charge in [-0.15, -0.1) is 11.8 Å². The topological polar surface area (TPSA) is 37.3 Å². The average Bonchev–Trinajstić information content (AvgIpc) is 2.43. The summed E-state index contributed by atoms with van der Waals surface area (Å²) >= 11 is 0.997. The van der Waals surface area contributed by atoms with Crippen LogP contribution in [-0.2, 0) is 4.79 Å². The highest BCUT2D eigenvalue weighted by Gasteiger charge is 2.20. The fourth-order valence-corrected chi connectivity index (χ4v) is 2.84. The maximum Gasteiger partial charge on any atom is 0.311 e. The number of hydrogen-bond acceptors (Lipinski definition) is 2. The molecule has 20 heavy (non-hydrogen) atoms. The third-order valence-electron chi connectivity index (χ3n) is 2.80. The Labute approximate surface area is 119 Å². The van der Waals surface area contributed by atoms with Crippen molar-refractivity contribution in [3.63, 3.8) is 0 Å². The van der Waals surface area contributed by atoms with Gasteiger partial charge in [-0.3, -0.25) is 4.79 Å². The molecule has 0 aromatic heterocycles. The molecule has 0 fully saturated rings. The number of carboxylic acid groups (broad SMARTS) is 1. The average molecular weight is 294 g/mol. The summed E-state index contributed by atoms with van der Waals surface area (Å²) in [4.78, 5) is 11.4. The highest BCUT2D eigenvalue weighted by molar-refractivity contribution is 7.99. The highest BCUT2D eigenvalue weighted by Crippen LogP contribution is 2.28. The number of benzene rings is 2. The molecule has 0 bridgehead atoms. The molecule has 0 amide bonds. The second-order valence-electron chi connectivity index (χ2n) is 4.19. The Morgan fingerprint density at radius 1 is 1.15 bits per heavy atom. The number of aliphatic carboxylic acids is 1. The maximum atomic E-state index is 13.5. The molecule has 0 radical (unpaired) electrons. The van der Waals surface area contributed by atoms with E-state index in [0.29, 0.717) is 5.56 Å². The van der Waals surface area contributed by atoms with Gasteiger partial charge in [0.1, 0.15) is 11.6 Å². The third-order valence-corrected chi connectivity index (χ3v) is 3.92. The Hall–Kier alpha value is -1.88. The molecule has 2 aromatic carbocycles. The predicted octanol–water partition coefficient (Wildman–Crippen LogP) is 3.93. The van der Waals surface area contributed by atoms with Gasteiger partial charge in [0.2, 0.25) is 0 Å². The summed E-state index contributed by atoms with van der Waals surface area (Å²) in [5.74, 6) is -2.70. The van der Waals surface area contributed by atoms with Gasteiger partial charge >= 0.3 is 5.97 Å². The van der Waals surface area contributed by atoms with Gasteiger partial charge in [-0.1, -0.05) is 30.3 Å². The summed E-state index contributed by atoms with van der Waals surface area (Å²) in [6, 6.07) is 11.9. The summed E-state index contributed by atoms with van der Waals surface area (Å²) in [7, 11) is 0. The molecular formula is C15H12F2O2S. The molecule has 1 N–H and O–H groups in total. The largest absolute Gasteiger partial charge is 0.481 e. The highest BCUT2D eigenvalue weighted by atomic mass is 32.2. The molecule has 2 nitrogen and oxygen atoms in total. The molecule has 0 aliphatic rings. The number of halogens is 2. The zero-order valence-corrected chi connectivity index (χ0v) is 11.2. The lowest BCUT2D eigenvalue weighted by molar-refractivity contribution is -0.138. The Morgan fingerprint density at radius 2 is 1.85 bits per heavy atom. The SMILES string of the molecule is O=C(O)C(CSc1cc(F)ccc1F)c1ccccc1. The van der Waals surface area contributed by atoms with Gasteiger partial charge in [0, 0.05) is 10.6 Å². The minimum atomic E-state index is -0.986. The zero-order chi connectivity index (χ0) is 14.5. The normalized spacial score (nSPS) is 12.1. The Kier molecular flexibility index (Phi) is 4.74. The number of thioether (sulfide) groups is 1. The van der Waals surface area contributed by atoms with Gasteiger partial charge in [0.25, 0.3) is 0 Å². The van der Waals surface area contributed by atoms with Crippen LogP contribution in [0.15, 0.2) is 53.4 Å². The van der Waals surface area contributed by atoms with E-state index in [4.69, 9.17) is 0 Å². The van der Waals surface area contributed by atoms with Gasteiger partial charge in [-0.2, -0.15) is 0 Å². The zero-order valence-electron chi connectivity index (χ0n) is 10.4. The second-order valence-corrected chi connectivity index (χ2v) is 5.25. The van der Waals surface area contributed by atoms with Crippen molar-refractivity contribution < 1.29 is 18.7 Å². The first-order valence-electron chi connectivity index (χ1n) is 5.93. The van der Waals surface area contributed by atoms with Crippen LogP contribution >= 0.6 is 11.8 Å². The fourth-order valence-electron chi connectivity index (χ4n) is 1.76. The molecule has 104 valence electrons. The summed E-state index contributed by atoms with van der Waals surface area (Å²) in [6.45, 7) is 0. The number of hydrogen-bond donors (Lipinski definition) is 1. The van der Waals surface area contributed by atoms with Crippen molar-refractivity contribution in [2.75, 3.05) is 5.75 Å². The maximum absolute atomic E-state index is 13.5. The lowest BCUT2D eigenvalue weighted by atomic mass is 10.0. The molecular weight excluding hydrogens is 282 g/mol. The van der Waals surface area contributed by atoms with Gasteiger partial charge in [0.05, 0.1) is 5.92 Å². The number of carboxylic acids is 1. The summed E-state index contributed by atoms with van der Waals surface area (Å²) in [5, 5.41) is 9.25. The molecule has 0 spiro atoms. The van der Waals surface area contributed by atoms with Crippen molar-refractivity contribution in [1.29, 1.82) is 0 Å². The molecule has 0 aliphatic heterocycles. The standard InChI is InChI=1S/C15H12F2O2S/c16-11-6-7-13(17)14(8-11)20-9-12(15(18)19)10-4-2-1-3-5-10/h1-8,12H,9H2,(H,18,19). The van der Waals surface area contributed by atoms with E-state index in [9.17, 15) is 18.7 Å². The fraction of sp³-hybridized carbons (Fsp3) is 0.133. The molecule has 2 rings (SSSR count). The van der Waals surface area contributed by atoms with Crippen LogP contribution in [0.3, 0.4) is 0 Å². The van der Waals surface area contributed by atoms with Gasteiger partial charge in [-0.25, -0.2) is 8.78 Å². The van der Waals surface area contributed by atoms with E-state index in [1.807, 2.05) is 0 Å². The Morgan fingerprint density at radius 3 is 2.50 bits per heavy atom. The molecule has 1 atom stereocenters. The molecule has 0 aliphatic carbocycles. The van der Waals surface area contributed by atoms with Crippen molar-refractivity contribution >= 4 is 17.7 Å². The minimum Gasteiger partial charge on any atom is -0.481 e. The summed E-state index contributed by atoms with van der Waals surface area (Å²) in [5.41, 5.74) is 0.643. The monoisotopic (exact) mass is 294 g/mol. The van der Waals surface area contributed by atoms with Crippen LogP contribution in [0.2, 0.25) is 0 Å². The molecule has 2 aromatic rings. The van der Waals surface area contributed by atoms with Crippen molar-refractivity contribution in [1.82, 2.24) is 0 Å². The van der Waals surface area contributed by atoms with Crippen LogP contribution in [0.1, 0.15) is 11.5 Å². The van der Waals surface area contributed by atoms with Crippen LogP contribution in [-0.4, -0.2) is 16.8 Å². The van der Waals surface area contributed by atoms with Crippen molar-refractivity contribution in [3.05, 3.63) is 65.7 Å². The lowest BCUT2D eigenvalue weighted by Crippen LogP contribution is -2.14. The quantitative estimate of drug-likeness (QED) is 0.849. The van der Waals surface area contributed by atoms with Crippen LogP contribution in [0.4, 0.5) is 8.78 Å². The van der Waals surface area contributed by atoms with Crippen LogP contribution in [0, 0.1) is 11.6 Å². The molecule has 0 saturated carbocycles. The van der Waals surface area contributed by atoms with E-state index in [2.05, 4.69) is 0 Å². The second kappa shape index (κ2) is 6.52. The van der Waals surface area contributed by atoms with Gasteiger partial charge < -0.3 is 5.11 Å². The first-order chi connectivity index (χ1) is 9.58. The van der Waals surface area contributed by atoms with Crippen LogP contribution in [0.25, 0.3) is 0 Å². The summed E-state index contributed by atoms with van der Waals surface area (Å²) in [6.07, 6.45) is 0. The smallest absolute Gasteiger partial charge is 0.311 e. The molecule has 1 unspecified atom stereocenters. The number of carbonyl (C=O) groups is 1. The lowest BCUT2D eigenvalue weighted by Gasteiger charge is -2.12. The number of rotatable bonds is 5. The molecule has 5 heteroatoms. The Balaban J connectivity index is 2.14. The molecule has 0 heterocycles. The van der Waals surface area contributed by atoms with Crippen molar-refractivity contribution in [2.45, 2.75) is 10.8 Å². The van der Waals surface area contributed by atoms with Crippen molar-refractivity contribution in [3.8, 4) is 0 Å². The van der Waals surface area contributed by atoms with E-state index < -0.39 is 23.5 Å². The Bertz CT molecular complexity index is 602. The van der Waals surface area contributed by atoms with Gasteiger partial charge in [0.15, 0.2) is 0 Å². The van der Waals surface area contributed by atoms with E-state index in [1.165, 1.54) is 0 Å². The molecule has 0 saturated heterocycles. The van der Waals surface area contributed by atoms with E-state index >= 15 is 0 Å². The van der Waals surface area contributed by atoms with Gasteiger partial charge in [-0.05, 0) is 23.8 Å². The predicted molar refractivity (Wildman–Crippen MR) is 73.9 cm³/mol. The first kappa shape index (κ1) is 14.5. The van der Waals surface area contributed by atoms with E-state index in [0.717, 1.165) is 30.0 Å². The van der Waals surface area contributed by atoms with E-state index in [-0.39, 0.29) is 10.6 Å². The minimum absolute atomic E-state index is 0.118. The van der Waals surface area contributed by atoms with E-state index in [1.54, 1.807) is 30.3 Å². The van der Waals surface area contributed by atoms with Crippen LogP contribution in [0.5, 0.6) is 0 Å². The van der Waals surface area contributed by atoms with Crippen LogP contribution < -0.4 is 0 Å². The van der Waals surface area contributed by atoms with Crippen molar-refractivity contribution in [2.24, 2.45) is 0 Å². The summed E-state index contributed by atoms with van der Waals surface area (Å²) < 4.78 is 26.5. The first-order valence-corrected chi connectivity index (χ1v) is 6.92.